The quantitative estimate of drug-likeness (QED) is 0.124. The van der Waals surface area contributed by atoms with E-state index in [4.69, 9.17) is 0 Å². The van der Waals surface area contributed by atoms with Crippen LogP contribution in [0.2, 0.25) is 0 Å². The molecule has 9 rings (SSSR count). The summed E-state index contributed by atoms with van der Waals surface area (Å²) < 4.78 is 0. The van der Waals surface area contributed by atoms with Crippen molar-refractivity contribution in [2.24, 2.45) is 0 Å². The second kappa shape index (κ2) is 17.1. The Morgan fingerprint density at radius 3 is 0.567 bits per heavy atom. The van der Waals surface area contributed by atoms with Crippen LogP contribution in [0.4, 0.5) is 0 Å². The van der Waals surface area contributed by atoms with Gasteiger partial charge in [0.1, 0.15) is 23.0 Å². The maximum atomic E-state index is 12.2. The molecule has 8 bridgehead atoms. The second-order valence-electron chi connectivity index (χ2n) is 16.4. The van der Waals surface area contributed by atoms with Gasteiger partial charge in [-0.25, -0.2) is 0 Å². The van der Waals surface area contributed by atoms with Crippen LogP contribution in [-0.4, -0.2) is 20.4 Å². The third kappa shape index (κ3) is 8.69. The van der Waals surface area contributed by atoms with Crippen molar-refractivity contribution in [2.45, 2.75) is 51.4 Å². The largest absolute Gasteiger partial charge is 0.507 e. The summed E-state index contributed by atoms with van der Waals surface area (Å²) in [6.45, 7) is 0. The summed E-state index contributed by atoms with van der Waals surface area (Å²) in [5.74, 6) is 0.652. The Bertz CT molecular complexity index is 2300. The highest BCUT2D eigenvalue weighted by Gasteiger charge is 2.22. The van der Waals surface area contributed by atoms with Crippen molar-refractivity contribution in [1.82, 2.24) is 0 Å². The topological polar surface area (TPSA) is 80.9 Å². The molecule has 1 aliphatic carbocycles. The van der Waals surface area contributed by atoms with Gasteiger partial charge in [0.15, 0.2) is 0 Å². The third-order valence-corrected chi connectivity index (χ3v) is 11.8. The summed E-state index contributed by atoms with van der Waals surface area (Å²) in [6, 6.07) is 57.6. The lowest BCUT2D eigenvalue weighted by atomic mass is 9.86. The Morgan fingerprint density at radius 1 is 0.233 bits per heavy atom. The number of rotatable bonds is 8. The lowest BCUT2D eigenvalue weighted by Gasteiger charge is -2.20. The highest BCUT2D eigenvalue weighted by molar-refractivity contribution is 5.58. The summed E-state index contributed by atoms with van der Waals surface area (Å²) in [6.07, 6.45) is 3.82. The van der Waals surface area contributed by atoms with E-state index in [-0.39, 0.29) is 23.0 Å². The van der Waals surface area contributed by atoms with E-state index in [0.29, 0.717) is 95.9 Å². The first kappa shape index (κ1) is 38.5. The number of benzene rings is 8. The van der Waals surface area contributed by atoms with Crippen LogP contribution < -0.4 is 0 Å². The minimum atomic E-state index is 0.163. The Labute approximate surface area is 352 Å². The Kier molecular flexibility index (Phi) is 10.9. The van der Waals surface area contributed by atoms with Crippen molar-refractivity contribution in [1.29, 1.82) is 0 Å². The number of aromatic hydroxyl groups is 4. The van der Waals surface area contributed by atoms with Gasteiger partial charge >= 0.3 is 0 Å². The van der Waals surface area contributed by atoms with Crippen LogP contribution >= 0.6 is 0 Å². The van der Waals surface area contributed by atoms with Gasteiger partial charge in [0, 0.05) is 25.7 Å². The maximum absolute atomic E-state index is 12.2. The Balaban J connectivity index is 1.25. The molecule has 0 fully saturated rings. The second-order valence-corrected chi connectivity index (χ2v) is 16.4. The molecule has 0 saturated carbocycles. The predicted molar refractivity (Wildman–Crippen MR) is 241 cm³/mol. The van der Waals surface area contributed by atoms with Gasteiger partial charge in [-0.15, -0.1) is 0 Å². The van der Waals surface area contributed by atoms with Crippen LogP contribution in [0.15, 0.2) is 170 Å². The zero-order valence-corrected chi connectivity index (χ0v) is 33.6. The predicted octanol–water partition coefficient (Wildman–Crippen LogP) is 11.5. The van der Waals surface area contributed by atoms with Gasteiger partial charge in [-0.3, -0.25) is 0 Å². The minimum absolute atomic E-state index is 0.163. The fourth-order valence-electron chi connectivity index (χ4n) is 8.96. The van der Waals surface area contributed by atoms with Crippen LogP contribution in [0.5, 0.6) is 23.0 Å². The van der Waals surface area contributed by atoms with Crippen LogP contribution in [0.25, 0.3) is 0 Å². The molecule has 8 aromatic rings. The molecule has 4 N–H and O–H groups in total. The van der Waals surface area contributed by atoms with Crippen molar-refractivity contribution in [3.8, 4) is 23.0 Å². The molecular weight excluding hydrogens is 737 g/mol. The lowest BCUT2D eigenvalue weighted by Crippen LogP contribution is -2.05. The smallest absolute Gasteiger partial charge is 0.122 e. The van der Waals surface area contributed by atoms with Gasteiger partial charge in [0.2, 0.25) is 0 Å². The number of phenols is 4. The molecule has 0 heterocycles. The van der Waals surface area contributed by atoms with Crippen molar-refractivity contribution in [3.05, 3.63) is 259 Å². The standard InChI is InChI=1S/C56H48O4/c57-53-45-25-41(21-37-13-5-1-6-14-37)26-46(53)34-48-28-43(23-39-17-9-3-10-18-39)30-50(55(48)59)36-52-32-44(24-40-19-11-4-12-20-40)31-51(56(52)60)35-49-29-42(27-47(33-45)54(49)58)22-38-15-7-2-8-16-38/h1-20,25-32,57-60H,21-24,33-36H2. The van der Waals surface area contributed by atoms with E-state index in [1.807, 2.05) is 72.8 Å². The molecule has 0 radical (unpaired) electrons. The molecular formula is C56H48O4. The zero-order valence-electron chi connectivity index (χ0n) is 33.6. The van der Waals surface area contributed by atoms with E-state index in [1.54, 1.807) is 0 Å². The maximum Gasteiger partial charge on any atom is 0.122 e. The van der Waals surface area contributed by atoms with Gasteiger partial charge in [-0.1, -0.05) is 170 Å². The van der Waals surface area contributed by atoms with Crippen LogP contribution in [0.3, 0.4) is 0 Å². The van der Waals surface area contributed by atoms with Crippen molar-refractivity contribution in [3.63, 3.8) is 0 Å². The number of fused-ring (bicyclic) bond motifs is 8. The van der Waals surface area contributed by atoms with Crippen molar-refractivity contribution in [2.75, 3.05) is 0 Å². The molecule has 4 nitrogen and oxygen atoms in total. The van der Waals surface area contributed by atoms with Gasteiger partial charge in [-0.2, -0.15) is 0 Å². The first-order valence-electron chi connectivity index (χ1n) is 20.8. The molecule has 1 aliphatic rings. The van der Waals surface area contributed by atoms with Gasteiger partial charge in [-0.05, 0) is 115 Å². The first-order chi connectivity index (χ1) is 29.3. The SMILES string of the molecule is Oc1c2cc(Cc3ccccc3)cc1Cc1cc(Cc3ccccc3)cc(c1O)Cc1cc(Cc3ccccc3)cc(c1O)Cc1cc(Cc3ccccc3)cc(c1O)C2. The Morgan fingerprint density at radius 2 is 0.400 bits per heavy atom. The van der Waals surface area contributed by atoms with Crippen LogP contribution in [0, 0.1) is 0 Å². The van der Waals surface area contributed by atoms with Crippen molar-refractivity contribution < 1.29 is 20.4 Å². The van der Waals surface area contributed by atoms with E-state index < -0.39 is 0 Å². The minimum Gasteiger partial charge on any atom is -0.507 e. The van der Waals surface area contributed by atoms with E-state index in [1.165, 1.54) is 0 Å². The molecule has 60 heavy (non-hydrogen) atoms. The number of hydrogen-bond donors (Lipinski definition) is 4. The highest BCUT2D eigenvalue weighted by atomic mass is 16.3. The normalized spacial score (nSPS) is 12.3. The van der Waals surface area contributed by atoms with Crippen LogP contribution in [0.1, 0.15) is 89.0 Å². The van der Waals surface area contributed by atoms with Gasteiger partial charge in [0.05, 0.1) is 0 Å². The average Bonchev–Trinajstić information content (AvgIpc) is 3.25. The summed E-state index contributed by atoms with van der Waals surface area (Å²) >= 11 is 0. The zero-order chi connectivity index (χ0) is 41.0. The summed E-state index contributed by atoms with van der Waals surface area (Å²) in [7, 11) is 0. The summed E-state index contributed by atoms with van der Waals surface area (Å²) in [4.78, 5) is 0. The first-order valence-corrected chi connectivity index (χ1v) is 20.8. The monoisotopic (exact) mass is 784 g/mol. The molecule has 296 valence electrons. The molecule has 4 heteroatoms. The molecule has 0 amide bonds. The lowest BCUT2D eigenvalue weighted by molar-refractivity contribution is 0.450. The van der Waals surface area contributed by atoms with E-state index >= 15 is 0 Å². The summed E-state index contributed by atoms with van der Waals surface area (Å²) in [5.41, 5.74) is 14.4. The van der Waals surface area contributed by atoms with Gasteiger partial charge in [0.25, 0.3) is 0 Å². The average molecular weight is 785 g/mol. The third-order valence-electron chi connectivity index (χ3n) is 11.8. The summed E-state index contributed by atoms with van der Waals surface area (Å²) in [5, 5.41) is 48.8. The molecule has 0 saturated heterocycles. The molecule has 0 spiro atoms. The van der Waals surface area contributed by atoms with E-state index in [9.17, 15) is 20.4 Å². The van der Waals surface area contributed by atoms with E-state index in [0.717, 1.165) is 44.5 Å². The van der Waals surface area contributed by atoms with Crippen LogP contribution in [-0.2, 0) is 51.4 Å². The number of hydrogen-bond acceptors (Lipinski definition) is 4. The Hall–Kier alpha value is -7.04. The molecule has 0 unspecified atom stereocenters. The van der Waals surface area contributed by atoms with E-state index in [2.05, 4.69) is 97.1 Å². The molecule has 0 aliphatic heterocycles. The van der Waals surface area contributed by atoms with Gasteiger partial charge < -0.3 is 20.4 Å². The molecule has 0 atom stereocenters. The molecule has 0 aromatic heterocycles. The molecule has 8 aromatic carbocycles. The highest BCUT2D eigenvalue weighted by Crippen LogP contribution is 2.40. The van der Waals surface area contributed by atoms with Crippen molar-refractivity contribution >= 4 is 0 Å². The fraction of sp³-hybridized carbons (Fsp3) is 0.143. The number of phenolic OH excluding ortho intramolecular Hbond substituents is 4. The fourth-order valence-corrected chi connectivity index (χ4v) is 8.96.